The van der Waals surface area contributed by atoms with Gasteiger partial charge in [0, 0.05) is 10.9 Å². The second kappa shape index (κ2) is 9.85. The number of amides is 2. The first-order valence-corrected chi connectivity index (χ1v) is 10.1. The van der Waals surface area contributed by atoms with Crippen molar-refractivity contribution in [2.75, 3.05) is 32.6 Å². The van der Waals surface area contributed by atoms with Crippen molar-refractivity contribution in [2.24, 2.45) is 0 Å². The van der Waals surface area contributed by atoms with E-state index in [2.05, 4.69) is 10.6 Å². The molecule has 0 aliphatic heterocycles. The van der Waals surface area contributed by atoms with Gasteiger partial charge in [0.05, 0.1) is 25.8 Å². The van der Waals surface area contributed by atoms with Crippen LogP contribution in [0.5, 0.6) is 0 Å². The van der Waals surface area contributed by atoms with Crippen LogP contribution in [0.4, 0.5) is 5.00 Å². The second-order valence-electron chi connectivity index (χ2n) is 7.20. The average Bonchev–Trinajstić information content (AvgIpc) is 2.74. The standard InChI is InChI=1S/C19H29N3O4S/c1-12(2)20-15(23)10-22(3)11-16(24)21-18-17(19(25)26-4)13-8-6-5-7-9-14(13)27-18/h12H,5-11H2,1-4H3,(H,20,23)(H,21,24). The van der Waals surface area contributed by atoms with Crippen molar-refractivity contribution in [2.45, 2.75) is 52.0 Å². The van der Waals surface area contributed by atoms with Gasteiger partial charge in [-0.3, -0.25) is 14.5 Å². The summed E-state index contributed by atoms with van der Waals surface area (Å²) >= 11 is 1.47. The summed E-state index contributed by atoms with van der Waals surface area (Å²) in [5.41, 5.74) is 1.51. The molecule has 1 heterocycles. The number of carbonyl (C=O) groups excluding carboxylic acids is 3. The van der Waals surface area contributed by atoms with Crippen LogP contribution in [0.1, 0.15) is 53.9 Å². The average molecular weight is 396 g/mol. The first-order chi connectivity index (χ1) is 12.8. The predicted octanol–water partition coefficient (Wildman–Crippen LogP) is 2.20. The van der Waals surface area contributed by atoms with Crippen molar-refractivity contribution in [3.63, 3.8) is 0 Å². The van der Waals surface area contributed by atoms with Crippen LogP contribution in [0.25, 0.3) is 0 Å². The number of fused-ring (bicyclic) bond motifs is 1. The van der Waals surface area contributed by atoms with Crippen molar-refractivity contribution in [3.05, 3.63) is 16.0 Å². The van der Waals surface area contributed by atoms with E-state index in [0.717, 1.165) is 42.5 Å². The van der Waals surface area contributed by atoms with Crippen LogP contribution in [0.2, 0.25) is 0 Å². The molecular weight excluding hydrogens is 366 g/mol. The number of likely N-dealkylation sites (N-methyl/N-ethyl adjacent to an activating group) is 1. The molecule has 1 aliphatic rings. The highest BCUT2D eigenvalue weighted by molar-refractivity contribution is 7.17. The third-order valence-corrected chi connectivity index (χ3v) is 5.55. The van der Waals surface area contributed by atoms with Gasteiger partial charge in [-0.25, -0.2) is 4.79 Å². The predicted molar refractivity (Wildman–Crippen MR) is 106 cm³/mol. The molecule has 1 aromatic rings. The van der Waals surface area contributed by atoms with E-state index < -0.39 is 5.97 Å². The van der Waals surface area contributed by atoms with Crippen molar-refractivity contribution in [1.29, 1.82) is 0 Å². The molecule has 2 rings (SSSR count). The molecule has 0 atom stereocenters. The lowest BCUT2D eigenvalue weighted by Crippen LogP contribution is -2.41. The molecule has 0 spiro atoms. The van der Waals surface area contributed by atoms with Crippen LogP contribution in [-0.4, -0.2) is 56.0 Å². The highest BCUT2D eigenvalue weighted by Crippen LogP contribution is 2.37. The van der Waals surface area contributed by atoms with Crippen LogP contribution in [0, 0.1) is 0 Å². The SMILES string of the molecule is COC(=O)c1c(NC(=O)CN(C)CC(=O)NC(C)C)sc2c1CCCCC2. The van der Waals surface area contributed by atoms with Gasteiger partial charge in [-0.1, -0.05) is 6.42 Å². The zero-order chi connectivity index (χ0) is 20.0. The molecule has 0 saturated carbocycles. The summed E-state index contributed by atoms with van der Waals surface area (Å²) in [6.07, 6.45) is 5.04. The lowest BCUT2D eigenvalue weighted by molar-refractivity contribution is -0.123. The number of nitrogens with one attached hydrogen (secondary N) is 2. The highest BCUT2D eigenvalue weighted by atomic mass is 32.1. The number of nitrogens with zero attached hydrogens (tertiary/aromatic N) is 1. The number of thiophene rings is 1. The number of anilines is 1. The first kappa shape index (κ1) is 21.4. The van der Waals surface area contributed by atoms with Gasteiger partial charge >= 0.3 is 5.97 Å². The van der Waals surface area contributed by atoms with Crippen LogP contribution in [-0.2, 0) is 27.2 Å². The van der Waals surface area contributed by atoms with E-state index in [1.54, 1.807) is 11.9 Å². The smallest absolute Gasteiger partial charge is 0.341 e. The Morgan fingerprint density at radius 3 is 2.44 bits per heavy atom. The molecule has 150 valence electrons. The highest BCUT2D eigenvalue weighted by Gasteiger charge is 2.26. The van der Waals surface area contributed by atoms with Gasteiger partial charge in [0.25, 0.3) is 0 Å². The monoisotopic (exact) mass is 395 g/mol. The minimum Gasteiger partial charge on any atom is -0.465 e. The fraction of sp³-hybridized carbons (Fsp3) is 0.632. The largest absolute Gasteiger partial charge is 0.465 e. The summed E-state index contributed by atoms with van der Waals surface area (Å²) in [4.78, 5) is 39.4. The summed E-state index contributed by atoms with van der Waals surface area (Å²) < 4.78 is 4.95. The summed E-state index contributed by atoms with van der Waals surface area (Å²) in [5, 5.41) is 6.20. The van der Waals surface area contributed by atoms with E-state index >= 15 is 0 Å². The van der Waals surface area contributed by atoms with E-state index in [1.165, 1.54) is 18.4 Å². The summed E-state index contributed by atoms with van der Waals surface area (Å²) in [6, 6.07) is 0.0591. The summed E-state index contributed by atoms with van der Waals surface area (Å²) in [5.74, 6) is -0.788. The zero-order valence-electron chi connectivity index (χ0n) is 16.5. The number of aryl methyl sites for hydroxylation is 1. The van der Waals surface area contributed by atoms with Gasteiger partial charge < -0.3 is 15.4 Å². The summed E-state index contributed by atoms with van der Waals surface area (Å²) in [6.45, 7) is 3.98. The zero-order valence-corrected chi connectivity index (χ0v) is 17.3. The van der Waals surface area contributed by atoms with E-state index in [9.17, 15) is 14.4 Å². The quantitative estimate of drug-likeness (QED) is 0.546. The van der Waals surface area contributed by atoms with Gasteiger partial charge in [0.1, 0.15) is 5.00 Å². The molecule has 7 nitrogen and oxygen atoms in total. The molecule has 1 aromatic heterocycles. The molecule has 1 aliphatic carbocycles. The molecule has 27 heavy (non-hydrogen) atoms. The number of rotatable bonds is 7. The maximum absolute atomic E-state index is 12.4. The Morgan fingerprint density at radius 1 is 1.11 bits per heavy atom. The Balaban J connectivity index is 2.06. The van der Waals surface area contributed by atoms with Gasteiger partial charge in [0.15, 0.2) is 0 Å². The van der Waals surface area contributed by atoms with E-state index in [1.807, 2.05) is 13.8 Å². The number of hydrogen-bond donors (Lipinski definition) is 2. The van der Waals surface area contributed by atoms with Gasteiger partial charge in [-0.05, 0) is 52.1 Å². The normalized spacial score (nSPS) is 13.9. The van der Waals surface area contributed by atoms with E-state index in [4.69, 9.17) is 4.74 Å². The lowest BCUT2D eigenvalue weighted by Gasteiger charge is -2.17. The fourth-order valence-electron chi connectivity index (χ4n) is 3.23. The number of ether oxygens (including phenoxy) is 1. The number of methoxy groups -OCH3 is 1. The first-order valence-electron chi connectivity index (χ1n) is 9.32. The topological polar surface area (TPSA) is 87.7 Å². The summed E-state index contributed by atoms with van der Waals surface area (Å²) in [7, 11) is 3.07. The third kappa shape index (κ3) is 6.04. The molecule has 0 saturated heterocycles. The minimum atomic E-state index is -0.408. The molecule has 0 aromatic carbocycles. The molecule has 2 N–H and O–H groups in total. The number of carbonyl (C=O) groups is 3. The molecular formula is C19H29N3O4S. The lowest BCUT2D eigenvalue weighted by atomic mass is 10.1. The van der Waals surface area contributed by atoms with Gasteiger partial charge in [-0.2, -0.15) is 0 Å². The van der Waals surface area contributed by atoms with Crippen molar-refractivity contribution < 1.29 is 19.1 Å². The molecule has 2 amide bonds. The van der Waals surface area contributed by atoms with E-state index in [-0.39, 0.29) is 30.9 Å². The van der Waals surface area contributed by atoms with Crippen molar-refractivity contribution in [1.82, 2.24) is 10.2 Å². The Kier molecular flexibility index (Phi) is 7.79. The molecule has 0 radical (unpaired) electrons. The van der Waals surface area contributed by atoms with Gasteiger partial charge in [-0.15, -0.1) is 11.3 Å². The number of hydrogen-bond acceptors (Lipinski definition) is 6. The van der Waals surface area contributed by atoms with Crippen molar-refractivity contribution in [3.8, 4) is 0 Å². The van der Waals surface area contributed by atoms with Gasteiger partial charge in [0.2, 0.25) is 11.8 Å². The molecule has 8 heteroatoms. The Labute approximate surface area is 164 Å². The molecule has 0 unspecified atom stereocenters. The molecule has 0 fully saturated rings. The second-order valence-corrected chi connectivity index (χ2v) is 8.31. The Morgan fingerprint density at radius 2 is 1.78 bits per heavy atom. The number of esters is 1. The third-order valence-electron chi connectivity index (χ3n) is 4.34. The maximum Gasteiger partial charge on any atom is 0.341 e. The van der Waals surface area contributed by atoms with Crippen LogP contribution in [0.3, 0.4) is 0 Å². The van der Waals surface area contributed by atoms with Crippen LogP contribution < -0.4 is 10.6 Å². The van der Waals surface area contributed by atoms with Crippen LogP contribution >= 0.6 is 11.3 Å². The van der Waals surface area contributed by atoms with Crippen molar-refractivity contribution >= 4 is 34.1 Å². The minimum absolute atomic E-state index is 0.0591. The van der Waals surface area contributed by atoms with Crippen LogP contribution in [0.15, 0.2) is 0 Å². The Bertz CT molecular complexity index is 699. The van der Waals surface area contributed by atoms with E-state index in [0.29, 0.717) is 10.6 Å². The fourth-order valence-corrected chi connectivity index (χ4v) is 4.52. The molecule has 0 bridgehead atoms. The Hall–Kier alpha value is -1.93. The maximum atomic E-state index is 12.4.